The van der Waals surface area contributed by atoms with Gasteiger partial charge in [-0.25, -0.2) is 14.8 Å². The summed E-state index contributed by atoms with van der Waals surface area (Å²) in [7, 11) is 0. The number of carbonyl (C=O) groups is 1. The maximum atomic E-state index is 12.4. The van der Waals surface area contributed by atoms with Gasteiger partial charge in [-0.2, -0.15) is 0 Å². The molecule has 3 aromatic rings. The van der Waals surface area contributed by atoms with E-state index in [1.165, 1.54) is 6.20 Å². The van der Waals surface area contributed by atoms with E-state index in [-0.39, 0.29) is 19.0 Å². The number of hydrogen-bond acceptors (Lipinski definition) is 6. The van der Waals surface area contributed by atoms with Gasteiger partial charge < -0.3 is 14.8 Å². The summed E-state index contributed by atoms with van der Waals surface area (Å²) in [5.41, 5.74) is 3.14. The first kappa shape index (κ1) is 20.5. The number of carbonyl (C=O) groups excluding carboxylic acids is 1. The number of halogens is 1. The molecule has 0 aliphatic heterocycles. The first-order chi connectivity index (χ1) is 12.6. The van der Waals surface area contributed by atoms with E-state index in [9.17, 15) is 4.79 Å². The van der Waals surface area contributed by atoms with E-state index in [1.807, 2.05) is 50.2 Å². The molecule has 0 atom stereocenters. The van der Waals surface area contributed by atoms with Crippen molar-refractivity contribution < 1.29 is 14.3 Å². The van der Waals surface area contributed by atoms with Crippen LogP contribution in [0.1, 0.15) is 29.9 Å². The molecule has 0 radical (unpaired) electrons. The lowest BCUT2D eigenvalue weighted by atomic mass is 10.1. The fraction of sp³-hybridized carbons (Fsp3) is 0.250. The summed E-state index contributed by atoms with van der Waals surface area (Å²) in [6, 6.07) is 11.4. The third-order valence-electron chi connectivity index (χ3n) is 3.81. The zero-order valence-corrected chi connectivity index (χ0v) is 16.3. The lowest BCUT2D eigenvalue weighted by Crippen LogP contribution is -2.10. The standard InChI is InChI=1S/C20H21N3O3.ClH/c1-4-25-17-9-7-6-8-16(17)23-18-14-11-10-13(3)22-19(14)21-12-15(18)20(24)26-5-2;/h6-12H,4-5H2,1-3H3,(H,21,22,23);1H. The number of aromatic nitrogens is 2. The number of nitrogens with one attached hydrogen (secondary N) is 1. The number of aryl methyl sites for hydroxylation is 1. The highest BCUT2D eigenvalue weighted by atomic mass is 35.5. The highest BCUT2D eigenvalue weighted by Crippen LogP contribution is 2.33. The number of esters is 1. The number of pyridine rings is 2. The molecule has 0 saturated carbocycles. The van der Waals surface area contributed by atoms with Gasteiger partial charge in [0.15, 0.2) is 5.65 Å². The fourth-order valence-corrected chi connectivity index (χ4v) is 2.66. The maximum absolute atomic E-state index is 12.4. The molecular weight excluding hydrogens is 366 g/mol. The number of rotatable bonds is 6. The molecule has 0 spiro atoms. The molecule has 142 valence electrons. The lowest BCUT2D eigenvalue weighted by Gasteiger charge is -2.16. The minimum atomic E-state index is -0.432. The van der Waals surface area contributed by atoms with Crippen molar-refractivity contribution in [3.8, 4) is 5.75 Å². The van der Waals surface area contributed by atoms with Crippen molar-refractivity contribution in [2.24, 2.45) is 0 Å². The van der Waals surface area contributed by atoms with Crippen molar-refractivity contribution in [3.63, 3.8) is 0 Å². The van der Waals surface area contributed by atoms with Crippen LogP contribution in [0.5, 0.6) is 5.75 Å². The number of ether oxygens (including phenoxy) is 2. The van der Waals surface area contributed by atoms with Crippen LogP contribution in [0.2, 0.25) is 0 Å². The fourth-order valence-electron chi connectivity index (χ4n) is 2.66. The summed E-state index contributed by atoms with van der Waals surface area (Å²) in [5.74, 6) is 0.272. The van der Waals surface area contributed by atoms with Crippen LogP contribution in [-0.2, 0) is 4.74 Å². The molecule has 0 fully saturated rings. The Morgan fingerprint density at radius 3 is 2.63 bits per heavy atom. The number of anilines is 2. The van der Waals surface area contributed by atoms with Crippen molar-refractivity contribution >= 4 is 40.8 Å². The molecule has 0 aliphatic carbocycles. The molecule has 0 aliphatic rings. The second-order valence-electron chi connectivity index (χ2n) is 5.65. The maximum Gasteiger partial charge on any atom is 0.341 e. The Balaban J connectivity index is 0.00000261. The van der Waals surface area contributed by atoms with Crippen molar-refractivity contribution in [2.45, 2.75) is 20.8 Å². The van der Waals surface area contributed by atoms with Crippen LogP contribution in [0, 0.1) is 6.92 Å². The highest BCUT2D eigenvalue weighted by Gasteiger charge is 2.18. The van der Waals surface area contributed by atoms with Crippen molar-refractivity contribution in [2.75, 3.05) is 18.5 Å². The Morgan fingerprint density at radius 2 is 1.89 bits per heavy atom. The van der Waals surface area contributed by atoms with Gasteiger partial charge in [0.1, 0.15) is 11.3 Å². The summed E-state index contributed by atoms with van der Waals surface area (Å²) in [5, 5.41) is 4.06. The van der Waals surface area contributed by atoms with Gasteiger partial charge in [0.25, 0.3) is 0 Å². The first-order valence-corrected chi connectivity index (χ1v) is 8.56. The second kappa shape index (κ2) is 9.19. The predicted octanol–water partition coefficient (Wildman–Crippen LogP) is 4.68. The topological polar surface area (TPSA) is 73.3 Å². The molecule has 1 aromatic carbocycles. The van der Waals surface area contributed by atoms with Gasteiger partial charge in [-0.05, 0) is 45.0 Å². The Kier molecular flexibility index (Phi) is 6.96. The molecule has 0 unspecified atom stereocenters. The summed E-state index contributed by atoms with van der Waals surface area (Å²) < 4.78 is 10.9. The van der Waals surface area contributed by atoms with Gasteiger partial charge in [0.05, 0.1) is 24.6 Å². The summed E-state index contributed by atoms with van der Waals surface area (Å²) in [4.78, 5) is 21.2. The first-order valence-electron chi connectivity index (χ1n) is 8.56. The van der Waals surface area contributed by atoms with Crippen LogP contribution >= 0.6 is 12.4 Å². The Morgan fingerprint density at radius 1 is 1.11 bits per heavy atom. The molecule has 2 aromatic heterocycles. The third kappa shape index (κ3) is 4.46. The average molecular weight is 388 g/mol. The molecule has 7 heteroatoms. The third-order valence-corrected chi connectivity index (χ3v) is 3.81. The van der Waals surface area contributed by atoms with Gasteiger partial charge in [-0.15, -0.1) is 12.4 Å². The number of para-hydroxylation sites is 2. The number of hydrogen-bond donors (Lipinski definition) is 1. The van der Waals surface area contributed by atoms with Crippen molar-refractivity contribution in [3.05, 3.63) is 53.9 Å². The SMILES string of the molecule is CCOC(=O)c1cnc2nc(C)ccc2c1Nc1ccccc1OCC.Cl. The van der Waals surface area contributed by atoms with Gasteiger partial charge in [0, 0.05) is 17.3 Å². The number of benzene rings is 1. The van der Waals surface area contributed by atoms with Crippen LogP contribution in [0.4, 0.5) is 11.4 Å². The quantitative estimate of drug-likeness (QED) is 0.619. The van der Waals surface area contributed by atoms with E-state index in [0.717, 1.165) is 16.8 Å². The Bertz CT molecular complexity index is 947. The summed E-state index contributed by atoms with van der Waals surface area (Å²) in [6.07, 6.45) is 1.50. The summed E-state index contributed by atoms with van der Waals surface area (Å²) in [6.45, 7) is 6.43. The van der Waals surface area contributed by atoms with Gasteiger partial charge >= 0.3 is 5.97 Å². The molecule has 0 bridgehead atoms. The second-order valence-corrected chi connectivity index (χ2v) is 5.65. The van der Waals surface area contributed by atoms with Gasteiger partial charge in [0.2, 0.25) is 0 Å². The van der Waals surface area contributed by atoms with Gasteiger partial charge in [-0.3, -0.25) is 0 Å². The molecule has 0 amide bonds. The highest BCUT2D eigenvalue weighted by molar-refractivity contribution is 6.05. The van der Waals surface area contributed by atoms with Crippen molar-refractivity contribution in [1.82, 2.24) is 9.97 Å². The normalized spacial score (nSPS) is 10.2. The predicted molar refractivity (Wildman–Crippen MR) is 108 cm³/mol. The van der Waals surface area contributed by atoms with Crippen LogP contribution in [0.3, 0.4) is 0 Å². The lowest BCUT2D eigenvalue weighted by molar-refractivity contribution is 0.0527. The van der Waals surface area contributed by atoms with Crippen molar-refractivity contribution in [1.29, 1.82) is 0 Å². The van der Waals surface area contributed by atoms with E-state index >= 15 is 0 Å². The number of fused-ring (bicyclic) bond motifs is 1. The Labute approximate surface area is 164 Å². The van der Waals surface area contributed by atoms with E-state index < -0.39 is 5.97 Å². The largest absolute Gasteiger partial charge is 0.492 e. The Hall–Kier alpha value is -2.86. The average Bonchev–Trinajstić information content (AvgIpc) is 2.63. The van der Waals surface area contributed by atoms with E-state index in [4.69, 9.17) is 9.47 Å². The molecule has 6 nitrogen and oxygen atoms in total. The zero-order valence-electron chi connectivity index (χ0n) is 15.5. The molecular formula is C20H22ClN3O3. The van der Waals surface area contributed by atoms with Crippen LogP contribution in [0.25, 0.3) is 11.0 Å². The van der Waals surface area contributed by atoms with Crippen LogP contribution in [-0.4, -0.2) is 29.2 Å². The molecule has 0 saturated heterocycles. The molecule has 27 heavy (non-hydrogen) atoms. The molecule has 1 N–H and O–H groups in total. The minimum Gasteiger partial charge on any atom is -0.492 e. The zero-order chi connectivity index (χ0) is 18.5. The van der Waals surface area contributed by atoms with E-state index in [1.54, 1.807) is 6.92 Å². The van der Waals surface area contributed by atoms with E-state index in [0.29, 0.717) is 29.3 Å². The number of nitrogens with zero attached hydrogens (tertiary/aromatic N) is 2. The van der Waals surface area contributed by atoms with Crippen LogP contribution in [0.15, 0.2) is 42.6 Å². The molecule has 3 rings (SSSR count). The van der Waals surface area contributed by atoms with E-state index in [2.05, 4.69) is 15.3 Å². The monoisotopic (exact) mass is 387 g/mol. The summed E-state index contributed by atoms with van der Waals surface area (Å²) >= 11 is 0. The van der Waals surface area contributed by atoms with Gasteiger partial charge in [-0.1, -0.05) is 12.1 Å². The molecule has 2 heterocycles. The minimum absolute atomic E-state index is 0. The van der Waals surface area contributed by atoms with Crippen LogP contribution < -0.4 is 10.1 Å². The smallest absolute Gasteiger partial charge is 0.341 e.